The smallest absolute Gasteiger partial charge is 0.244 e. The van der Waals surface area contributed by atoms with Crippen LogP contribution in [0.15, 0.2) is 24.3 Å². The summed E-state index contributed by atoms with van der Waals surface area (Å²) in [4.78, 5) is 12.5. The number of carbonyl (C=O) groups is 1. The van der Waals surface area contributed by atoms with Crippen molar-refractivity contribution < 1.29 is 4.79 Å². The van der Waals surface area contributed by atoms with Crippen molar-refractivity contribution in [2.24, 2.45) is 5.41 Å². The Labute approximate surface area is 125 Å². The van der Waals surface area contributed by atoms with Crippen molar-refractivity contribution in [3.05, 3.63) is 29.8 Å². The molecule has 0 bridgehead atoms. The van der Waals surface area contributed by atoms with Crippen LogP contribution in [0.4, 0.5) is 5.69 Å². The molecule has 108 valence electrons. The summed E-state index contributed by atoms with van der Waals surface area (Å²) >= 11 is 0. The van der Waals surface area contributed by atoms with Gasteiger partial charge in [0.1, 0.15) is 5.41 Å². The molecular formula is C17H19N3O. The monoisotopic (exact) mass is 281 g/mol. The maximum absolute atomic E-state index is 12.5. The number of carbonyl (C=O) groups excluding carboxylic acids is 1. The number of nitrogens with one attached hydrogen (secondary N) is 1. The summed E-state index contributed by atoms with van der Waals surface area (Å²) in [7, 11) is 0. The van der Waals surface area contributed by atoms with Gasteiger partial charge in [0.05, 0.1) is 18.6 Å². The number of hydrogen-bond acceptors (Lipinski definition) is 3. The van der Waals surface area contributed by atoms with Crippen molar-refractivity contribution in [2.75, 3.05) is 5.32 Å². The first kappa shape index (κ1) is 15.1. The van der Waals surface area contributed by atoms with Crippen LogP contribution in [0.25, 0.3) is 0 Å². The molecular weight excluding hydrogens is 262 g/mol. The minimum Gasteiger partial charge on any atom is -0.325 e. The highest BCUT2D eigenvalue weighted by molar-refractivity contribution is 5.97. The molecule has 1 saturated carbocycles. The fourth-order valence-corrected chi connectivity index (χ4v) is 2.77. The van der Waals surface area contributed by atoms with E-state index in [4.69, 9.17) is 5.26 Å². The molecule has 1 amide bonds. The van der Waals surface area contributed by atoms with E-state index in [-0.39, 0.29) is 5.91 Å². The molecule has 0 aromatic heterocycles. The maximum atomic E-state index is 12.5. The van der Waals surface area contributed by atoms with Crippen LogP contribution in [0, 0.1) is 28.1 Å². The number of hydrogen-bond donors (Lipinski definition) is 1. The Bertz CT molecular complexity index is 570. The van der Waals surface area contributed by atoms with E-state index in [0.717, 1.165) is 31.2 Å². The summed E-state index contributed by atoms with van der Waals surface area (Å²) in [6.07, 6.45) is 5.70. The molecule has 1 N–H and O–H groups in total. The third-order valence-electron chi connectivity index (χ3n) is 4.10. The van der Waals surface area contributed by atoms with Crippen LogP contribution in [0.3, 0.4) is 0 Å². The highest BCUT2D eigenvalue weighted by Crippen LogP contribution is 2.35. The van der Waals surface area contributed by atoms with Gasteiger partial charge in [0.15, 0.2) is 0 Å². The molecule has 0 atom stereocenters. The number of amides is 1. The Morgan fingerprint density at radius 3 is 2.24 bits per heavy atom. The summed E-state index contributed by atoms with van der Waals surface area (Å²) in [5.74, 6) is -0.195. The van der Waals surface area contributed by atoms with Crippen LogP contribution >= 0.6 is 0 Å². The van der Waals surface area contributed by atoms with Crippen molar-refractivity contribution >= 4 is 11.6 Å². The van der Waals surface area contributed by atoms with Crippen molar-refractivity contribution in [2.45, 2.75) is 44.9 Å². The Morgan fingerprint density at radius 2 is 1.71 bits per heavy atom. The summed E-state index contributed by atoms with van der Waals surface area (Å²) in [5, 5.41) is 21.0. The lowest BCUT2D eigenvalue weighted by Crippen LogP contribution is -2.34. The second-order valence-electron chi connectivity index (χ2n) is 5.59. The van der Waals surface area contributed by atoms with Gasteiger partial charge in [-0.25, -0.2) is 0 Å². The quantitative estimate of drug-likeness (QED) is 0.860. The Hall–Kier alpha value is -2.33. The lowest BCUT2D eigenvalue weighted by Gasteiger charge is -2.23. The van der Waals surface area contributed by atoms with Crippen molar-refractivity contribution in [3.63, 3.8) is 0 Å². The zero-order valence-corrected chi connectivity index (χ0v) is 12.1. The second-order valence-corrected chi connectivity index (χ2v) is 5.59. The van der Waals surface area contributed by atoms with E-state index in [2.05, 4.69) is 17.5 Å². The largest absolute Gasteiger partial charge is 0.325 e. The molecule has 0 saturated heterocycles. The van der Waals surface area contributed by atoms with Crippen LogP contribution in [0.2, 0.25) is 0 Å². The Balaban J connectivity index is 2.08. The molecule has 1 aromatic rings. The SMILES string of the molecule is N#CCc1ccc(NC(=O)C2(C#N)CCCCCC2)cc1. The highest BCUT2D eigenvalue weighted by atomic mass is 16.2. The number of anilines is 1. The van der Waals surface area contributed by atoms with Crippen LogP contribution < -0.4 is 5.32 Å². The molecule has 0 spiro atoms. The predicted molar refractivity (Wildman–Crippen MR) is 80.1 cm³/mol. The van der Waals surface area contributed by atoms with Gasteiger partial charge >= 0.3 is 0 Å². The minimum atomic E-state index is -0.887. The van der Waals surface area contributed by atoms with Crippen LogP contribution in [-0.4, -0.2) is 5.91 Å². The average Bonchev–Trinajstić information content (AvgIpc) is 2.76. The van der Waals surface area contributed by atoms with Crippen molar-refractivity contribution in [1.82, 2.24) is 0 Å². The highest BCUT2D eigenvalue weighted by Gasteiger charge is 2.38. The van der Waals surface area contributed by atoms with E-state index in [1.165, 1.54) is 0 Å². The molecule has 2 rings (SSSR count). The molecule has 0 radical (unpaired) electrons. The normalized spacial score (nSPS) is 17.0. The molecule has 0 unspecified atom stereocenters. The number of benzene rings is 1. The van der Waals surface area contributed by atoms with Crippen LogP contribution in [0.5, 0.6) is 0 Å². The van der Waals surface area contributed by atoms with Gasteiger partial charge in [-0.3, -0.25) is 4.79 Å². The van der Waals surface area contributed by atoms with E-state index < -0.39 is 5.41 Å². The van der Waals surface area contributed by atoms with Crippen molar-refractivity contribution in [3.8, 4) is 12.1 Å². The van der Waals surface area contributed by atoms with E-state index >= 15 is 0 Å². The maximum Gasteiger partial charge on any atom is 0.244 e. The van der Waals surface area contributed by atoms with Crippen LogP contribution in [0.1, 0.15) is 44.1 Å². The molecule has 4 nitrogen and oxygen atoms in total. The molecule has 1 fully saturated rings. The van der Waals surface area contributed by atoms with Gasteiger partial charge in [-0.15, -0.1) is 0 Å². The molecule has 1 aromatic carbocycles. The van der Waals surface area contributed by atoms with Gasteiger partial charge in [0.2, 0.25) is 5.91 Å². The molecule has 0 heterocycles. The molecule has 1 aliphatic rings. The third-order valence-corrected chi connectivity index (χ3v) is 4.10. The topological polar surface area (TPSA) is 76.7 Å². The fraction of sp³-hybridized carbons (Fsp3) is 0.471. The van der Waals surface area contributed by atoms with Gasteiger partial charge in [-0.2, -0.15) is 10.5 Å². The van der Waals surface area contributed by atoms with Crippen LogP contribution in [-0.2, 0) is 11.2 Å². The first-order valence-electron chi connectivity index (χ1n) is 7.39. The molecule has 0 aliphatic heterocycles. The Morgan fingerprint density at radius 1 is 1.10 bits per heavy atom. The standard InChI is InChI=1S/C17H19N3O/c18-12-9-14-5-7-15(8-6-14)20-16(21)17(13-19)10-3-1-2-4-11-17/h5-8H,1-4,9-11H2,(H,20,21). The fourth-order valence-electron chi connectivity index (χ4n) is 2.77. The van der Waals surface area contributed by atoms with E-state index in [1.807, 2.05) is 12.1 Å². The van der Waals surface area contributed by atoms with E-state index in [0.29, 0.717) is 24.9 Å². The summed E-state index contributed by atoms with van der Waals surface area (Å²) < 4.78 is 0. The first-order valence-corrected chi connectivity index (χ1v) is 7.39. The second kappa shape index (κ2) is 6.90. The predicted octanol–water partition coefficient (Wildman–Crippen LogP) is 3.56. The summed E-state index contributed by atoms with van der Waals surface area (Å²) in [6, 6.07) is 11.6. The first-order chi connectivity index (χ1) is 10.2. The number of rotatable bonds is 3. The zero-order chi connectivity index (χ0) is 15.1. The molecule has 1 aliphatic carbocycles. The lowest BCUT2D eigenvalue weighted by molar-refractivity contribution is -0.123. The molecule has 21 heavy (non-hydrogen) atoms. The summed E-state index contributed by atoms with van der Waals surface area (Å²) in [5.41, 5.74) is 0.711. The van der Waals surface area contributed by atoms with E-state index in [9.17, 15) is 10.1 Å². The summed E-state index contributed by atoms with van der Waals surface area (Å²) in [6.45, 7) is 0. The van der Waals surface area contributed by atoms with E-state index in [1.54, 1.807) is 12.1 Å². The van der Waals surface area contributed by atoms with Gasteiger partial charge < -0.3 is 5.32 Å². The van der Waals surface area contributed by atoms with Crippen molar-refractivity contribution in [1.29, 1.82) is 10.5 Å². The lowest BCUT2D eigenvalue weighted by atomic mass is 9.81. The van der Waals surface area contributed by atoms with Gasteiger partial charge in [-0.05, 0) is 30.5 Å². The average molecular weight is 281 g/mol. The zero-order valence-electron chi connectivity index (χ0n) is 12.1. The van der Waals surface area contributed by atoms with Gasteiger partial charge in [0.25, 0.3) is 0 Å². The number of nitrogens with zero attached hydrogens (tertiary/aromatic N) is 2. The van der Waals surface area contributed by atoms with Gasteiger partial charge in [0, 0.05) is 5.69 Å². The third kappa shape index (κ3) is 3.61. The number of nitriles is 2. The Kier molecular flexibility index (Phi) is 4.95. The molecule has 4 heteroatoms. The minimum absolute atomic E-state index is 0.195. The van der Waals surface area contributed by atoms with Gasteiger partial charge in [-0.1, -0.05) is 37.8 Å².